The Kier molecular flexibility index (Phi) is 6.46. The van der Waals surface area contributed by atoms with E-state index in [1.807, 2.05) is 0 Å². The van der Waals surface area contributed by atoms with Gasteiger partial charge >= 0.3 is 219 Å². The average Bonchev–Trinajstić information content (AvgIpc) is 3.26. The Hall–Kier alpha value is -2.70. The van der Waals surface area contributed by atoms with Crippen molar-refractivity contribution in [2.24, 2.45) is 0 Å². The average molecular weight is 587 g/mol. The summed E-state index contributed by atoms with van der Waals surface area (Å²) in [6.45, 7) is 13.7. The van der Waals surface area contributed by atoms with E-state index in [-0.39, 0.29) is 0 Å². The number of hydrogen-bond acceptors (Lipinski definition) is 2. The molecular weight excluding hydrogens is 550 g/mol. The van der Waals surface area contributed by atoms with Gasteiger partial charge in [-0.3, -0.25) is 0 Å². The van der Waals surface area contributed by atoms with Crippen molar-refractivity contribution < 1.29 is 6.03 Å². The summed E-state index contributed by atoms with van der Waals surface area (Å²) in [5, 5.41) is 0. The number of hydrogen-bond donors (Lipinski definition) is 0. The van der Waals surface area contributed by atoms with Crippen LogP contribution in [-0.4, -0.2) is 18.2 Å². The molecule has 4 aromatic carbocycles. The number of benzene rings is 4. The van der Waals surface area contributed by atoms with Gasteiger partial charge in [0.1, 0.15) is 0 Å². The summed E-state index contributed by atoms with van der Waals surface area (Å²) in [4.78, 5) is 0. The second-order valence-corrected chi connectivity index (χ2v) is 21.7. The molecule has 0 aromatic heterocycles. The van der Waals surface area contributed by atoms with Crippen molar-refractivity contribution in [3.8, 4) is 11.5 Å². The first-order valence-electron chi connectivity index (χ1n) is 13.1. The van der Waals surface area contributed by atoms with Crippen molar-refractivity contribution in [3.63, 3.8) is 0 Å². The molecule has 0 saturated heterocycles. The molecule has 0 atom stereocenters. The Morgan fingerprint density at radius 2 is 0.917 bits per heavy atom. The van der Waals surface area contributed by atoms with Gasteiger partial charge in [0.15, 0.2) is 0 Å². The first kappa shape index (κ1) is 25.0. The molecule has 0 bridgehead atoms. The zero-order chi connectivity index (χ0) is 25.5. The first-order chi connectivity index (χ1) is 17.3. The van der Waals surface area contributed by atoms with Crippen molar-refractivity contribution in [1.82, 2.24) is 0 Å². The van der Waals surface area contributed by atoms with Crippen LogP contribution in [0.5, 0.6) is 11.5 Å². The molecule has 0 spiro atoms. The molecule has 0 amide bonds. The van der Waals surface area contributed by atoms with Crippen LogP contribution in [0.3, 0.4) is 0 Å². The van der Waals surface area contributed by atoms with Crippen LogP contribution in [0, 0.1) is 0 Å². The summed E-state index contributed by atoms with van der Waals surface area (Å²) < 4.78 is 18.6. The molecule has 3 heteroatoms. The molecular formula is C33H37O2Sb. The molecule has 0 radical (unpaired) electrons. The van der Waals surface area contributed by atoms with Crippen LogP contribution >= 0.6 is 0 Å². The van der Waals surface area contributed by atoms with Crippen molar-refractivity contribution in [2.45, 2.75) is 59.3 Å². The van der Waals surface area contributed by atoms with Crippen LogP contribution in [0.2, 0.25) is 0 Å². The molecule has 0 N–H and O–H groups in total. The summed E-state index contributed by atoms with van der Waals surface area (Å²) in [5.41, 5.74) is 4.07. The number of rotatable bonds is 6. The fraction of sp³-hybridized carbons (Fsp3) is 0.273. The predicted octanol–water partition coefficient (Wildman–Crippen LogP) is 6.95. The van der Waals surface area contributed by atoms with Crippen LogP contribution in [0.1, 0.15) is 76.0 Å². The van der Waals surface area contributed by atoms with Crippen LogP contribution < -0.4 is 16.6 Å². The molecule has 4 aromatic rings. The van der Waals surface area contributed by atoms with Gasteiger partial charge in [0.25, 0.3) is 0 Å². The SMILES string of the molecule is CC(C)c1cc2c(c(C(C)C)c1C(C)C)[O][Sb]([c]1ccccc1)([c]1ccccc1)([c]1ccccc1)[O]2. The molecule has 5 rings (SSSR count). The molecule has 1 heterocycles. The third kappa shape index (κ3) is 3.60. The van der Waals surface area contributed by atoms with Crippen LogP contribution in [0.4, 0.5) is 0 Å². The Bertz CT molecular complexity index is 1260. The van der Waals surface area contributed by atoms with Gasteiger partial charge < -0.3 is 0 Å². The second kappa shape index (κ2) is 9.31. The molecule has 0 aliphatic carbocycles. The van der Waals surface area contributed by atoms with E-state index in [1.165, 1.54) is 16.7 Å². The van der Waals surface area contributed by atoms with E-state index < -0.39 is 18.2 Å². The van der Waals surface area contributed by atoms with Crippen LogP contribution in [0.15, 0.2) is 97.1 Å². The first-order valence-corrected chi connectivity index (χ1v) is 19.0. The van der Waals surface area contributed by atoms with Gasteiger partial charge in [-0.15, -0.1) is 0 Å². The summed E-state index contributed by atoms with van der Waals surface area (Å²) in [6, 6.07) is 34.4. The summed E-state index contributed by atoms with van der Waals surface area (Å²) in [5.74, 6) is 2.92. The van der Waals surface area contributed by atoms with E-state index in [1.54, 1.807) is 0 Å². The fourth-order valence-electron chi connectivity index (χ4n) is 5.79. The third-order valence-corrected chi connectivity index (χ3v) is 21.0. The monoisotopic (exact) mass is 586 g/mol. The third-order valence-electron chi connectivity index (χ3n) is 7.35. The predicted molar refractivity (Wildman–Crippen MR) is 154 cm³/mol. The number of fused-ring (bicyclic) bond motifs is 1. The minimum atomic E-state index is -4.99. The van der Waals surface area contributed by atoms with Gasteiger partial charge in [-0.2, -0.15) is 0 Å². The standard InChI is InChI=1S/C15H24O2.3C6H5.Sb/c1-8(2)11-7-12(16)15(17)14(10(5)6)13(11)9(3)4;3*1-2-4-6-5-3-1;/h7-10,16-17H,1-6H3;3*1-5H;/q;;;;+2/p-2. The van der Waals surface area contributed by atoms with Crippen LogP contribution in [-0.2, 0) is 0 Å². The molecule has 0 fully saturated rings. The van der Waals surface area contributed by atoms with Crippen molar-refractivity contribution in [1.29, 1.82) is 0 Å². The van der Waals surface area contributed by atoms with Crippen molar-refractivity contribution >= 4 is 28.8 Å². The maximum absolute atomic E-state index is 7.64. The van der Waals surface area contributed by atoms with E-state index in [9.17, 15) is 0 Å². The molecule has 36 heavy (non-hydrogen) atoms. The summed E-state index contributed by atoms with van der Waals surface area (Å²) in [7, 11) is 0. The van der Waals surface area contributed by atoms with E-state index in [0.717, 1.165) is 22.0 Å². The van der Waals surface area contributed by atoms with Gasteiger partial charge in [0, 0.05) is 0 Å². The molecule has 0 saturated carbocycles. The van der Waals surface area contributed by atoms with Crippen molar-refractivity contribution in [2.75, 3.05) is 0 Å². The van der Waals surface area contributed by atoms with Gasteiger partial charge in [-0.05, 0) is 0 Å². The normalized spacial score (nSPS) is 16.8. The molecule has 1 aliphatic heterocycles. The van der Waals surface area contributed by atoms with Gasteiger partial charge in [0.2, 0.25) is 0 Å². The molecule has 1 aliphatic rings. The van der Waals surface area contributed by atoms with E-state index in [2.05, 4.69) is 139 Å². The van der Waals surface area contributed by atoms with Crippen LogP contribution in [0.25, 0.3) is 0 Å². The second-order valence-electron chi connectivity index (χ2n) is 10.7. The fourth-order valence-corrected chi connectivity index (χ4v) is 19.4. The zero-order valence-electron chi connectivity index (χ0n) is 22.2. The Labute approximate surface area is 218 Å². The van der Waals surface area contributed by atoms with Gasteiger partial charge in [0.05, 0.1) is 0 Å². The van der Waals surface area contributed by atoms with E-state index in [0.29, 0.717) is 17.8 Å². The zero-order valence-corrected chi connectivity index (χ0v) is 24.8. The Morgan fingerprint density at radius 1 is 0.500 bits per heavy atom. The van der Waals surface area contributed by atoms with Crippen molar-refractivity contribution in [3.05, 3.63) is 114 Å². The van der Waals surface area contributed by atoms with E-state index >= 15 is 0 Å². The van der Waals surface area contributed by atoms with E-state index in [4.69, 9.17) is 6.03 Å². The summed E-state index contributed by atoms with van der Waals surface area (Å²) in [6.07, 6.45) is 0. The summed E-state index contributed by atoms with van der Waals surface area (Å²) >= 11 is -4.99. The maximum atomic E-state index is 7.64. The molecule has 2 nitrogen and oxygen atoms in total. The Balaban J connectivity index is 1.95. The Morgan fingerprint density at radius 3 is 1.28 bits per heavy atom. The quantitative estimate of drug-likeness (QED) is 0.228. The van der Waals surface area contributed by atoms with Gasteiger partial charge in [-0.1, -0.05) is 0 Å². The molecule has 0 unspecified atom stereocenters. The van der Waals surface area contributed by atoms with Gasteiger partial charge in [-0.25, -0.2) is 0 Å². The topological polar surface area (TPSA) is 18.5 Å². The minimum absolute atomic E-state index is 0.304. The molecule has 186 valence electrons.